The zero-order valence-electron chi connectivity index (χ0n) is 12.8. The van der Waals surface area contributed by atoms with Gasteiger partial charge in [0.1, 0.15) is 5.75 Å². The van der Waals surface area contributed by atoms with E-state index in [4.69, 9.17) is 15.7 Å². The highest BCUT2D eigenvalue weighted by Gasteiger charge is 2.20. The molecule has 118 valence electrons. The molecule has 1 unspecified atom stereocenters. The monoisotopic (exact) mass is 301 g/mol. The first-order chi connectivity index (χ1) is 10.7. The minimum atomic E-state index is -0.201. The summed E-state index contributed by atoms with van der Waals surface area (Å²) in [6, 6.07) is 9.31. The molecule has 0 aliphatic carbocycles. The molecule has 1 atom stereocenters. The van der Waals surface area contributed by atoms with Gasteiger partial charge < -0.3 is 15.4 Å². The predicted octanol–water partition coefficient (Wildman–Crippen LogP) is 1.91. The van der Waals surface area contributed by atoms with Gasteiger partial charge >= 0.3 is 0 Å². The Morgan fingerprint density at radius 2 is 2.36 bits per heavy atom. The van der Waals surface area contributed by atoms with Crippen molar-refractivity contribution in [2.45, 2.75) is 25.7 Å². The van der Waals surface area contributed by atoms with Crippen molar-refractivity contribution in [2.75, 3.05) is 26.2 Å². The van der Waals surface area contributed by atoms with Crippen LogP contribution in [0.25, 0.3) is 0 Å². The molecule has 1 aliphatic rings. The molecule has 1 amide bonds. The Balaban J connectivity index is 1.67. The lowest BCUT2D eigenvalue weighted by molar-refractivity contribution is -0.119. The number of ether oxygens (including phenoxy) is 1. The Labute approximate surface area is 131 Å². The standard InChI is InChI=1S/C17H23N3O2/c18-12-14-4-1-6-16(10-14)22-9-3-8-20-7-2-5-15(13-20)11-17(19)21/h1,4,6,10,15H,2-3,5,7-9,11,13H2,(H2,19,21). The lowest BCUT2D eigenvalue weighted by atomic mass is 9.94. The molecule has 22 heavy (non-hydrogen) atoms. The lowest BCUT2D eigenvalue weighted by Gasteiger charge is -2.32. The van der Waals surface area contributed by atoms with Gasteiger partial charge in [-0.05, 0) is 49.9 Å². The predicted molar refractivity (Wildman–Crippen MR) is 84.2 cm³/mol. The molecule has 2 rings (SSSR count). The van der Waals surface area contributed by atoms with Crippen LogP contribution in [0.2, 0.25) is 0 Å². The fourth-order valence-electron chi connectivity index (χ4n) is 2.94. The van der Waals surface area contributed by atoms with E-state index >= 15 is 0 Å². The number of hydrogen-bond donors (Lipinski definition) is 1. The topological polar surface area (TPSA) is 79.3 Å². The molecule has 0 spiro atoms. The number of likely N-dealkylation sites (tertiary alicyclic amines) is 1. The van der Waals surface area contributed by atoms with Crippen LogP contribution in [0.3, 0.4) is 0 Å². The van der Waals surface area contributed by atoms with Crippen molar-refractivity contribution in [3.8, 4) is 11.8 Å². The van der Waals surface area contributed by atoms with Gasteiger partial charge in [0.25, 0.3) is 0 Å². The van der Waals surface area contributed by atoms with E-state index in [1.165, 1.54) is 0 Å². The smallest absolute Gasteiger partial charge is 0.217 e. The van der Waals surface area contributed by atoms with Crippen LogP contribution in [-0.4, -0.2) is 37.0 Å². The lowest BCUT2D eigenvalue weighted by Crippen LogP contribution is -2.38. The molecule has 0 aromatic heterocycles. The summed E-state index contributed by atoms with van der Waals surface area (Å²) in [5.41, 5.74) is 5.89. The number of primary amides is 1. The number of nitriles is 1. The zero-order chi connectivity index (χ0) is 15.8. The summed E-state index contributed by atoms with van der Waals surface area (Å²) in [7, 11) is 0. The second-order valence-corrected chi connectivity index (χ2v) is 5.82. The Morgan fingerprint density at radius 1 is 1.50 bits per heavy atom. The van der Waals surface area contributed by atoms with Gasteiger partial charge in [-0.25, -0.2) is 0 Å². The number of benzene rings is 1. The van der Waals surface area contributed by atoms with Crippen molar-refractivity contribution in [2.24, 2.45) is 11.7 Å². The summed E-state index contributed by atoms with van der Waals surface area (Å²) < 4.78 is 5.68. The molecule has 1 saturated heterocycles. The van der Waals surface area contributed by atoms with Crippen molar-refractivity contribution in [3.63, 3.8) is 0 Å². The Hall–Kier alpha value is -2.06. The molecule has 0 bridgehead atoms. The van der Waals surface area contributed by atoms with E-state index in [0.29, 0.717) is 24.5 Å². The number of nitrogens with zero attached hydrogens (tertiary/aromatic N) is 2. The molecule has 2 N–H and O–H groups in total. The van der Waals surface area contributed by atoms with Crippen LogP contribution in [-0.2, 0) is 4.79 Å². The maximum absolute atomic E-state index is 11.0. The highest BCUT2D eigenvalue weighted by molar-refractivity contribution is 5.74. The van der Waals surface area contributed by atoms with E-state index in [1.54, 1.807) is 12.1 Å². The first-order valence-corrected chi connectivity index (χ1v) is 7.81. The second kappa shape index (κ2) is 8.40. The summed E-state index contributed by atoms with van der Waals surface area (Å²) in [4.78, 5) is 13.4. The molecular formula is C17H23N3O2. The summed E-state index contributed by atoms with van der Waals surface area (Å²) in [5, 5.41) is 8.85. The van der Waals surface area contributed by atoms with E-state index in [1.807, 2.05) is 12.1 Å². The molecular weight excluding hydrogens is 278 g/mol. The highest BCUT2D eigenvalue weighted by atomic mass is 16.5. The van der Waals surface area contributed by atoms with Gasteiger partial charge in [-0.3, -0.25) is 4.79 Å². The minimum Gasteiger partial charge on any atom is -0.494 e. The van der Waals surface area contributed by atoms with Gasteiger partial charge in [-0.2, -0.15) is 5.26 Å². The average Bonchev–Trinajstić information content (AvgIpc) is 2.51. The first kappa shape index (κ1) is 16.3. The third-order valence-corrected chi connectivity index (χ3v) is 3.94. The normalized spacial score (nSPS) is 18.6. The molecule has 1 aromatic carbocycles. The third kappa shape index (κ3) is 5.38. The van der Waals surface area contributed by atoms with E-state index in [-0.39, 0.29) is 5.91 Å². The Morgan fingerprint density at radius 3 is 3.14 bits per heavy atom. The summed E-state index contributed by atoms with van der Waals surface area (Å²) >= 11 is 0. The van der Waals surface area contributed by atoms with Crippen molar-refractivity contribution >= 4 is 5.91 Å². The molecule has 0 radical (unpaired) electrons. The number of nitrogens with two attached hydrogens (primary N) is 1. The molecule has 5 nitrogen and oxygen atoms in total. The van der Waals surface area contributed by atoms with Gasteiger partial charge in [0.2, 0.25) is 5.91 Å². The molecule has 1 fully saturated rings. The van der Waals surface area contributed by atoms with Crippen LogP contribution in [0, 0.1) is 17.2 Å². The number of amides is 1. The summed E-state index contributed by atoms with van der Waals surface area (Å²) in [6.07, 6.45) is 3.65. The quantitative estimate of drug-likeness (QED) is 0.780. The third-order valence-electron chi connectivity index (χ3n) is 3.94. The van der Waals surface area contributed by atoms with Crippen molar-refractivity contribution in [3.05, 3.63) is 29.8 Å². The SMILES string of the molecule is N#Cc1cccc(OCCCN2CCCC(CC(N)=O)C2)c1. The molecule has 0 saturated carbocycles. The van der Waals surface area contributed by atoms with Crippen LogP contribution >= 0.6 is 0 Å². The first-order valence-electron chi connectivity index (χ1n) is 7.81. The molecule has 1 heterocycles. The van der Waals surface area contributed by atoms with Gasteiger partial charge in [0, 0.05) is 19.5 Å². The average molecular weight is 301 g/mol. The summed E-state index contributed by atoms with van der Waals surface area (Å²) in [6.45, 7) is 3.63. The summed E-state index contributed by atoms with van der Waals surface area (Å²) in [5.74, 6) is 0.941. The zero-order valence-corrected chi connectivity index (χ0v) is 12.8. The van der Waals surface area contributed by atoms with Crippen molar-refractivity contribution < 1.29 is 9.53 Å². The maximum atomic E-state index is 11.0. The largest absolute Gasteiger partial charge is 0.494 e. The van der Waals surface area contributed by atoms with Crippen LogP contribution in [0.4, 0.5) is 0 Å². The number of rotatable bonds is 7. The number of carbonyl (C=O) groups excluding carboxylic acids is 1. The van der Waals surface area contributed by atoms with Gasteiger partial charge in [-0.15, -0.1) is 0 Å². The van der Waals surface area contributed by atoms with Crippen LogP contribution in [0.15, 0.2) is 24.3 Å². The van der Waals surface area contributed by atoms with Crippen molar-refractivity contribution in [1.29, 1.82) is 5.26 Å². The number of piperidine rings is 1. The van der Waals surface area contributed by atoms with Crippen molar-refractivity contribution in [1.82, 2.24) is 4.90 Å². The maximum Gasteiger partial charge on any atom is 0.217 e. The highest BCUT2D eigenvalue weighted by Crippen LogP contribution is 2.19. The number of hydrogen-bond acceptors (Lipinski definition) is 4. The minimum absolute atomic E-state index is 0.201. The Bertz CT molecular complexity index is 539. The van der Waals surface area contributed by atoms with Crippen LogP contribution in [0.5, 0.6) is 5.75 Å². The fourth-order valence-corrected chi connectivity index (χ4v) is 2.94. The van der Waals surface area contributed by atoms with Gasteiger partial charge in [0.05, 0.1) is 18.2 Å². The fraction of sp³-hybridized carbons (Fsp3) is 0.529. The van der Waals surface area contributed by atoms with Crippen LogP contribution < -0.4 is 10.5 Å². The Kier molecular flexibility index (Phi) is 6.23. The van der Waals surface area contributed by atoms with E-state index < -0.39 is 0 Å². The van der Waals surface area contributed by atoms with Crippen LogP contribution in [0.1, 0.15) is 31.2 Å². The second-order valence-electron chi connectivity index (χ2n) is 5.82. The van der Waals surface area contributed by atoms with E-state index in [2.05, 4.69) is 11.0 Å². The van der Waals surface area contributed by atoms with E-state index in [0.717, 1.165) is 44.6 Å². The molecule has 1 aromatic rings. The molecule has 5 heteroatoms. The van der Waals surface area contributed by atoms with Gasteiger partial charge in [0.15, 0.2) is 0 Å². The number of carbonyl (C=O) groups is 1. The van der Waals surface area contributed by atoms with Gasteiger partial charge in [-0.1, -0.05) is 6.07 Å². The molecule has 1 aliphatic heterocycles. The van der Waals surface area contributed by atoms with E-state index in [9.17, 15) is 4.79 Å².